The number of nitrogens with one attached hydrogen (secondary N) is 3. The maximum absolute atomic E-state index is 13.5. The number of aliphatic carboxylic acids is 1. The van der Waals surface area contributed by atoms with Gasteiger partial charge in [-0.05, 0) is 43.1 Å². The van der Waals surface area contributed by atoms with E-state index < -0.39 is 66.2 Å². The highest BCUT2D eigenvalue weighted by Gasteiger charge is 2.39. The first-order valence-corrected chi connectivity index (χ1v) is 14.8. The first-order chi connectivity index (χ1) is 20.2. The van der Waals surface area contributed by atoms with E-state index in [1.807, 2.05) is 51.1 Å². The number of amides is 5. The van der Waals surface area contributed by atoms with E-state index in [0.717, 1.165) is 5.56 Å². The van der Waals surface area contributed by atoms with Gasteiger partial charge in [0, 0.05) is 6.54 Å². The molecule has 1 aromatic rings. The smallest absolute Gasteiger partial charge is 0.326 e. The Kier molecular flexibility index (Phi) is 13.6. The fourth-order valence-electron chi connectivity index (χ4n) is 5.06. The maximum Gasteiger partial charge on any atom is 0.326 e. The number of carbonyl (C=O) groups is 6. The van der Waals surface area contributed by atoms with Crippen LogP contribution in [0.25, 0.3) is 0 Å². The minimum absolute atomic E-state index is 0.0646. The van der Waals surface area contributed by atoms with E-state index in [2.05, 4.69) is 16.0 Å². The van der Waals surface area contributed by atoms with Gasteiger partial charge in [-0.2, -0.15) is 0 Å². The van der Waals surface area contributed by atoms with Crippen LogP contribution in [0.2, 0.25) is 0 Å². The number of hydrogen-bond acceptors (Lipinski definition) is 7. The number of rotatable bonds is 16. The Bertz CT molecular complexity index is 1150. The first kappa shape index (κ1) is 35.2. The zero-order chi connectivity index (χ0) is 32.3. The molecule has 1 aliphatic rings. The molecule has 1 fully saturated rings. The van der Waals surface area contributed by atoms with Crippen LogP contribution in [0.3, 0.4) is 0 Å². The fraction of sp³-hybridized carbons (Fsp3) is 0.600. The highest BCUT2D eigenvalue weighted by Crippen LogP contribution is 2.20. The van der Waals surface area contributed by atoms with E-state index in [9.17, 15) is 33.9 Å². The molecule has 0 aromatic heterocycles. The number of benzene rings is 1. The molecule has 0 radical (unpaired) electrons. The van der Waals surface area contributed by atoms with Crippen LogP contribution < -0.4 is 27.4 Å². The number of nitrogens with zero attached hydrogens (tertiary/aromatic N) is 1. The molecule has 2 rings (SSSR count). The van der Waals surface area contributed by atoms with E-state index in [1.54, 1.807) is 6.92 Å². The summed E-state index contributed by atoms with van der Waals surface area (Å²) in [6.07, 6.45) is 1.43. The molecule has 0 aliphatic carbocycles. The second-order valence-electron chi connectivity index (χ2n) is 11.6. The molecule has 238 valence electrons. The second kappa shape index (κ2) is 16.6. The molecule has 0 unspecified atom stereocenters. The van der Waals surface area contributed by atoms with Crippen LogP contribution in [-0.4, -0.2) is 82.3 Å². The van der Waals surface area contributed by atoms with Crippen molar-refractivity contribution in [1.29, 1.82) is 0 Å². The van der Waals surface area contributed by atoms with Gasteiger partial charge in [0.05, 0.1) is 12.5 Å². The third-order valence-electron chi connectivity index (χ3n) is 7.61. The monoisotopic (exact) mass is 602 g/mol. The van der Waals surface area contributed by atoms with Gasteiger partial charge in [0.1, 0.15) is 24.2 Å². The van der Waals surface area contributed by atoms with Crippen molar-refractivity contribution in [3.8, 4) is 0 Å². The van der Waals surface area contributed by atoms with Crippen LogP contribution in [0.1, 0.15) is 65.4 Å². The predicted molar refractivity (Wildman–Crippen MR) is 159 cm³/mol. The van der Waals surface area contributed by atoms with E-state index in [-0.39, 0.29) is 24.2 Å². The summed E-state index contributed by atoms with van der Waals surface area (Å²) in [7, 11) is 0. The number of likely N-dealkylation sites (tertiary alicyclic amines) is 1. The Labute approximate surface area is 252 Å². The van der Waals surface area contributed by atoms with Gasteiger partial charge >= 0.3 is 5.97 Å². The average Bonchev–Trinajstić information content (AvgIpc) is 3.44. The standard InChI is InChI=1S/C30H46N6O7/c1-5-18(4)25(28(40)33-21(14-17(2)3)26(38)34-22(30(42)43)16-24(32)37)35-27(39)23-12-9-13-36(23)29(41)20(31)15-19-10-7-6-8-11-19/h6-8,10-11,17-18,20-23,25H,5,9,12-16,31H2,1-4H3,(H2,32,37)(H,33,40)(H,34,38)(H,35,39)(H,42,43)/t18-,20-,21-,22-,23-,25-/m0/s1. The number of carbonyl (C=O) groups excluding carboxylic acids is 5. The van der Waals surface area contributed by atoms with Crippen LogP contribution in [0, 0.1) is 11.8 Å². The summed E-state index contributed by atoms with van der Waals surface area (Å²) in [6.45, 7) is 7.65. The SMILES string of the molecule is CC[C@H](C)[C@H](NC(=O)[C@@H]1CCCN1C(=O)[C@@H](N)Cc1ccccc1)C(=O)N[C@@H](CC(C)C)C(=O)N[C@@H](CC(N)=O)C(=O)O. The van der Waals surface area contributed by atoms with Crippen LogP contribution in [0.15, 0.2) is 30.3 Å². The average molecular weight is 603 g/mol. The molecule has 13 nitrogen and oxygen atoms in total. The van der Waals surface area contributed by atoms with Gasteiger partial charge in [0.15, 0.2) is 0 Å². The lowest BCUT2D eigenvalue weighted by molar-refractivity contribution is -0.144. The minimum atomic E-state index is -1.55. The number of carboxylic acid groups (broad SMARTS) is 1. The van der Waals surface area contributed by atoms with Gasteiger partial charge < -0.3 is 37.4 Å². The molecule has 6 atom stereocenters. The van der Waals surface area contributed by atoms with Crippen molar-refractivity contribution in [2.75, 3.05) is 6.54 Å². The fourth-order valence-corrected chi connectivity index (χ4v) is 5.06. The van der Waals surface area contributed by atoms with Crippen LogP contribution in [0.5, 0.6) is 0 Å². The topological polar surface area (TPSA) is 214 Å². The third-order valence-corrected chi connectivity index (χ3v) is 7.61. The van der Waals surface area contributed by atoms with Crippen molar-refractivity contribution < 1.29 is 33.9 Å². The molecule has 1 heterocycles. The van der Waals surface area contributed by atoms with Gasteiger partial charge in [-0.3, -0.25) is 24.0 Å². The highest BCUT2D eigenvalue weighted by molar-refractivity contribution is 5.96. The van der Waals surface area contributed by atoms with Crippen molar-refractivity contribution in [3.05, 3.63) is 35.9 Å². The largest absolute Gasteiger partial charge is 0.480 e. The number of primary amides is 1. The molecule has 0 saturated carbocycles. The number of carboxylic acids is 1. The summed E-state index contributed by atoms with van der Waals surface area (Å²) in [5.41, 5.74) is 12.2. The van der Waals surface area contributed by atoms with Crippen molar-refractivity contribution in [2.24, 2.45) is 23.3 Å². The molecule has 1 aromatic carbocycles. The van der Waals surface area contributed by atoms with Gasteiger partial charge in [-0.15, -0.1) is 0 Å². The van der Waals surface area contributed by atoms with E-state index in [0.29, 0.717) is 32.2 Å². The summed E-state index contributed by atoms with van der Waals surface area (Å²) >= 11 is 0. The van der Waals surface area contributed by atoms with E-state index >= 15 is 0 Å². The Morgan fingerprint density at radius 1 is 0.977 bits per heavy atom. The number of nitrogens with two attached hydrogens (primary N) is 2. The van der Waals surface area contributed by atoms with Crippen molar-refractivity contribution in [3.63, 3.8) is 0 Å². The van der Waals surface area contributed by atoms with Crippen molar-refractivity contribution in [1.82, 2.24) is 20.9 Å². The Hall–Kier alpha value is -4.00. The first-order valence-electron chi connectivity index (χ1n) is 14.8. The molecule has 0 bridgehead atoms. The summed E-state index contributed by atoms with van der Waals surface area (Å²) < 4.78 is 0. The van der Waals surface area contributed by atoms with Gasteiger partial charge in [-0.25, -0.2) is 4.79 Å². The van der Waals surface area contributed by atoms with Gasteiger partial charge in [0.2, 0.25) is 29.5 Å². The summed E-state index contributed by atoms with van der Waals surface area (Å²) in [4.78, 5) is 77.5. The summed E-state index contributed by atoms with van der Waals surface area (Å²) in [6, 6.07) is 4.00. The minimum Gasteiger partial charge on any atom is -0.480 e. The zero-order valence-electron chi connectivity index (χ0n) is 25.4. The Morgan fingerprint density at radius 3 is 2.16 bits per heavy atom. The third kappa shape index (κ3) is 10.7. The molecular weight excluding hydrogens is 556 g/mol. The quantitative estimate of drug-likeness (QED) is 0.152. The normalized spacial score (nSPS) is 18.2. The summed E-state index contributed by atoms with van der Waals surface area (Å²) in [5.74, 6) is -4.99. The molecule has 43 heavy (non-hydrogen) atoms. The van der Waals surface area contributed by atoms with Crippen LogP contribution >= 0.6 is 0 Å². The van der Waals surface area contributed by atoms with Crippen molar-refractivity contribution in [2.45, 2.75) is 96.4 Å². The Morgan fingerprint density at radius 2 is 1.60 bits per heavy atom. The molecule has 1 saturated heterocycles. The lowest BCUT2D eigenvalue weighted by Crippen LogP contribution is -2.59. The van der Waals surface area contributed by atoms with E-state index in [1.165, 1.54) is 4.90 Å². The molecular formula is C30H46N6O7. The Balaban J connectivity index is 2.16. The van der Waals surface area contributed by atoms with Crippen LogP contribution in [-0.2, 0) is 35.2 Å². The van der Waals surface area contributed by atoms with Crippen LogP contribution in [0.4, 0.5) is 0 Å². The lowest BCUT2D eigenvalue weighted by atomic mass is 9.96. The van der Waals surface area contributed by atoms with Gasteiger partial charge in [0.25, 0.3) is 0 Å². The van der Waals surface area contributed by atoms with E-state index in [4.69, 9.17) is 11.5 Å². The lowest BCUT2D eigenvalue weighted by Gasteiger charge is -2.31. The van der Waals surface area contributed by atoms with Crippen molar-refractivity contribution >= 4 is 35.5 Å². The molecule has 13 heteroatoms. The zero-order valence-corrected chi connectivity index (χ0v) is 25.4. The molecule has 0 spiro atoms. The highest BCUT2D eigenvalue weighted by atomic mass is 16.4. The second-order valence-corrected chi connectivity index (χ2v) is 11.6. The predicted octanol–water partition coefficient (Wildman–Crippen LogP) is 0.0540. The molecule has 8 N–H and O–H groups in total. The molecule has 1 aliphatic heterocycles. The van der Waals surface area contributed by atoms with Gasteiger partial charge in [-0.1, -0.05) is 64.4 Å². The summed E-state index contributed by atoms with van der Waals surface area (Å²) in [5, 5.41) is 17.1. The number of hydrogen-bond donors (Lipinski definition) is 6. The maximum atomic E-state index is 13.5. The molecule has 5 amide bonds.